The van der Waals surface area contributed by atoms with Gasteiger partial charge in [0, 0.05) is 6.20 Å². The lowest BCUT2D eigenvalue weighted by Crippen LogP contribution is -2.34. The van der Waals surface area contributed by atoms with Gasteiger partial charge in [-0.2, -0.15) is 4.98 Å². The van der Waals surface area contributed by atoms with Gasteiger partial charge < -0.3 is 19.7 Å². The first-order valence-corrected chi connectivity index (χ1v) is 4.95. The summed E-state index contributed by atoms with van der Waals surface area (Å²) in [6.07, 6.45) is -0.930. The molecular formula is C9H11N3O4. The van der Waals surface area contributed by atoms with Crippen LogP contribution in [-0.4, -0.2) is 44.7 Å². The summed E-state index contributed by atoms with van der Waals surface area (Å²) in [4.78, 5) is 3.88. The Morgan fingerprint density at radius 3 is 3.12 bits per heavy atom. The Kier molecular flexibility index (Phi) is 2.00. The largest absolute Gasteiger partial charge is 0.454 e. The summed E-state index contributed by atoms with van der Waals surface area (Å²) in [5, 5.41) is 26.1. The van der Waals surface area contributed by atoms with Gasteiger partial charge in [0.2, 0.25) is 0 Å². The number of aliphatic hydroxyl groups excluding tert-OH is 2. The van der Waals surface area contributed by atoms with Crippen LogP contribution >= 0.6 is 0 Å². The van der Waals surface area contributed by atoms with E-state index in [9.17, 15) is 5.11 Å². The van der Waals surface area contributed by atoms with Gasteiger partial charge in [0.1, 0.15) is 12.2 Å². The number of nitrogens with zero attached hydrogens (tertiary/aromatic N) is 2. The normalized spacial score (nSPS) is 35.6. The minimum atomic E-state index is -0.883. The van der Waals surface area contributed by atoms with E-state index in [0.717, 1.165) is 0 Å². The van der Waals surface area contributed by atoms with Crippen molar-refractivity contribution in [3.8, 4) is 6.01 Å². The topological polar surface area (TPSA) is 101 Å². The Hall–Kier alpha value is -1.44. The molecule has 3 rings (SSSR count). The molecule has 1 fully saturated rings. The van der Waals surface area contributed by atoms with E-state index < -0.39 is 24.5 Å². The number of ether oxygens (including phenoxy) is 2. The summed E-state index contributed by atoms with van der Waals surface area (Å²) in [7, 11) is 0. The van der Waals surface area contributed by atoms with Crippen LogP contribution in [-0.2, 0) is 4.74 Å². The van der Waals surface area contributed by atoms with Crippen LogP contribution < -0.4 is 10.2 Å². The maximum Gasteiger partial charge on any atom is 0.301 e. The fraction of sp³-hybridized carbons (Fsp3) is 0.556. The van der Waals surface area contributed by atoms with E-state index in [0.29, 0.717) is 0 Å². The second kappa shape index (κ2) is 3.27. The molecule has 86 valence electrons. The molecule has 0 unspecified atom stereocenters. The molecule has 0 aliphatic carbocycles. The predicted molar refractivity (Wildman–Crippen MR) is 49.5 cm³/mol. The maximum atomic E-state index is 9.80. The molecule has 7 heteroatoms. The summed E-state index contributed by atoms with van der Waals surface area (Å²) >= 11 is 0. The van der Waals surface area contributed by atoms with Gasteiger partial charge in [-0.1, -0.05) is 0 Å². The highest BCUT2D eigenvalue weighted by molar-refractivity contribution is 5.10. The van der Waals surface area contributed by atoms with Gasteiger partial charge >= 0.3 is 6.01 Å². The average Bonchev–Trinajstić information content (AvgIpc) is 2.75. The summed E-state index contributed by atoms with van der Waals surface area (Å²) in [5.41, 5.74) is 0.0967. The highest BCUT2D eigenvalue weighted by Gasteiger charge is 2.50. The van der Waals surface area contributed by atoms with Gasteiger partial charge in [-0.25, -0.2) is 0 Å². The van der Waals surface area contributed by atoms with Gasteiger partial charge in [-0.05, 0) is 6.07 Å². The van der Waals surface area contributed by atoms with Crippen LogP contribution in [0.5, 0.6) is 6.01 Å². The first-order chi connectivity index (χ1) is 7.70. The number of hydrogen-bond acceptors (Lipinski definition) is 6. The van der Waals surface area contributed by atoms with Gasteiger partial charge in [0.05, 0.1) is 6.61 Å². The van der Waals surface area contributed by atoms with E-state index in [4.69, 9.17) is 20.0 Å². The van der Waals surface area contributed by atoms with E-state index in [1.807, 2.05) is 0 Å². The molecule has 1 saturated heterocycles. The molecule has 0 bridgehead atoms. The van der Waals surface area contributed by atoms with Crippen molar-refractivity contribution in [1.82, 2.24) is 9.55 Å². The van der Waals surface area contributed by atoms with Crippen molar-refractivity contribution in [3.63, 3.8) is 0 Å². The summed E-state index contributed by atoms with van der Waals surface area (Å²) in [5.74, 6) is 0. The van der Waals surface area contributed by atoms with Crippen LogP contribution in [0.3, 0.4) is 0 Å². The first-order valence-electron chi connectivity index (χ1n) is 4.95. The first kappa shape index (κ1) is 9.76. The molecule has 16 heavy (non-hydrogen) atoms. The lowest BCUT2D eigenvalue weighted by atomic mass is 10.1. The molecule has 1 aromatic heterocycles. The Balaban J connectivity index is 1.99. The quantitative estimate of drug-likeness (QED) is 0.533. The van der Waals surface area contributed by atoms with Crippen molar-refractivity contribution in [2.45, 2.75) is 24.5 Å². The molecule has 0 saturated carbocycles. The molecule has 7 nitrogen and oxygen atoms in total. The molecule has 3 N–H and O–H groups in total. The third-order valence-electron chi connectivity index (χ3n) is 2.84. The van der Waals surface area contributed by atoms with Crippen molar-refractivity contribution in [2.75, 3.05) is 6.61 Å². The van der Waals surface area contributed by atoms with E-state index >= 15 is 0 Å². The van der Waals surface area contributed by atoms with E-state index in [-0.39, 0.29) is 18.1 Å². The van der Waals surface area contributed by atoms with Gasteiger partial charge in [-0.3, -0.25) is 9.98 Å². The van der Waals surface area contributed by atoms with Crippen molar-refractivity contribution in [3.05, 3.63) is 17.8 Å². The second-order valence-electron chi connectivity index (χ2n) is 3.82. The zero-order chi connectivity index (χ0) is 11.3. The summed E-state index contributed by atoms with van der Waals surface area (Å²) in [6, 6.07) is 1.77. The lowest BCUT2D eigenvalue weighted by molar-refractivity contribution is -0.0434. The SMILES string of the molecule is N=c1ccn2c(n1)O[C@@H]1[C@H](O)[C@H](CO)O[C@@H]12. The number of aliphatic hydroxyl groups is 2. The third kappa shape index (κ3) is 1.19. The van der Waals surface area contributed by atoms with Crippen LogP contribution in [0.15, 0.2) is 12.3 Å². The lowest BCUT2D eigenvalue weighted by Gasteiger charge is -2.14. The Labute approximate surface area is 90.4 Å². The Bertz CT molecular complexity index is 474. The van der Waals surface area contributed by atoms with Crippen LogP contribution in [0, 0.1) is 5.41 Å². The van der Waals surface area contributed by atoms with E-state index in [2.05, 4.69) is 4.98 Å². The fourth-order valence-corrected chi connectivity index (χ4v) is 2.04. The monoisotopic (exact) mass is 225 g/mol. The number of rotatable bonds is 1. The molecule has 3 heterocycles. The minimum Gasteiger partial charge on any atom is -0.454 e. The zero-order valence-electron chi connectivity index (χ0n) is 8.28. The molecule has 2 aliphatic heterocycles. The molecule has 0 amide bonds. The number of fused-ring (bicyclic) bond motifs is 3. The second-order valence-corrected chi connectivity index (χ2v) is 3.82. The molecule has 4 atom stereocenters. The minimum absolute atomic E-state index is 0.0967. The Morgan fingerprint density at radius 1 is 1.56 bits per heavy atom. The standard InChI is InChI=1S/C9H11N3O4/c10-5-1-2-12-8-7(16-9(12)11-5)6(14)4(3-13)15-8/h1-2,4,6-8,10,13-14H,3H2/t4-,6+,7+,8-/m0/s1. The van der Waals surface area contributed by atoms with Gasteiger partial charge in [-0.15, -0.1) is 0 Å². The number of aromatic nitrogens is 2. The van der Waals surface area contributed by atoms with Crippen molar-refractivity contribution in [1.29, 1.82) is 5.41 Å². The average molecular weight is 225 g/mol. The van der Waals surface area contributed by atoms with Crippen LogP contribution in [0.2, 0.25) is 0 Å². The van der Waals surface area contributed by atoms with Crippen LogP contribution in [0.4, 0.5) is 0 Å². The molecule has 2 aliphatic rings. The molecule has 0 spiro atoms. The molecule has 0 radical (unpaired) electrons. The van der Waals surface area contributed by atoms with Crippen molar-refractivity contribution >= 4 is 0 Å². The molecule has 1 aromatic rings. The van der Waals surface area contributed by atoms with E-state index in [1.165, 1.54) is 6.07 Å². The van der Waals surface area contributed by atoms with Crippen LogP contribution in [0.25, 0.3) is 0 Å². The summed E-state index contributed by atoms with van der Waals surface area (Å²) in [6.45, 7) is -0.253. The molecular weight excluding hydrogens is 214 g/mol. The fourth-order valence-electron chi connectivity index (χ4n) is 2.04. The van der Waals surface area contributed by atoms with E-state index in [1.54, 1.807) is 10.8 Å². The third-order valence-corrected chi connectivity index (χ3v) is 2.84. The highest BCUT2D eigenvalue weighted by atomic mass is 16.6. The maximum absolute atomic E-state index is 9.80. The van der Waals surface area contributed by atoms with Crippen molar-refractivity contribution in [2.24, 2.45) is 0 Å². The summed E-state index contributed by atoms with van der Waals surface area (Å²) < 4.78 is 12.5. The van der Waals surface area contributed by atoms with Gasteiger partial charge in [0.15, 0.2) is 17.8 Å². The molecule has 0 aromatic carbocycles. The van der Waals surface area contributed by atoms with Crippen molar-refractivity contribution < 1.29 is 19.7 Å². The van der Waals surface area contributed by atoms with Gasteiger partial charge in [0.25, 0.3) is 0 Å². The number of hydrogen-bond donors (Lipinski definition) is 3. The number of nitrogens with one attached hydrogen (secondary N) is 1. The predicted octanol–water partition coefficient (Wildman–Crippen LogP) is -1.63. The highest BCUT2D eigenvalue weighted by Crippen LogP contribution is 2.38. The zero-order valence-corrected chi connectivity index (χ0v) is 8.28. The smallest absolute Gasteiger partial charge is 0.301 e. The van der Waals surface area contributed by atoms with Crippen LogP contribution in [0.1, 0.15) is 6.23 Å². The Morgan fingerprint density at radius 2 is 2.38 bits per heavy atom.